The summed E-state index contributed by atoms with van der Waals surface area (Å²) in [6.07, 6.45) is -1.76. The molecular weight excluding hydrogens is 211 g/mol. The first kappa shape index (κ1) is 9.56. The number of H-pyrrole nitrogens is 1. The molecule has 2 rings (SSSR count). The Bertz CT molecular complexity index is 449. The van der Waals surface area contributed by atoms with Crippen molar-refractivity contribution in [1.82, 2.24) is 25.1 Å². The van der Waals surface area contributed by atoms with Crippen molar-refractivity contribution < 1.29 is 13.2 Å². The van der Waals surface area contributed by atoms with Gasteiger partial charge in [0, 0.05) is 12.4 Å². The lowest BCUT2D eigenvalue weighted by molar-refractivity contribution is -0.144. The van der Waals surface area contributed by atoms with Gasteiger partial charge >= 0.3 is 6.18 Å². The van der Waals surface area contributed by atoms with Gasteiger partial charge in [0.1, 0.15) is 0 Å². The van der Waals surface area contributed by atoms with Crippen LogP contribution in [0.3, 0.4) is 0 Å². The van der Waals surface area contributed by atoms with E-state index < -0.39 is 12.0 Å². The van der Waals surface area contributed by atoms with Crippen molar-refractivity contribution >= 4 is 0 Å². The first-order valence-electron chi connectivity index (χ1n) is 3.84. The van der Waals surface area contributed by atoms with Crippen molar-refractivity contribution in [1.29, 1.82) is 0 Å². The number of nitrogens with one attached hydrogen (secondary N) is 1. The van der Waals surface area contributed by atoms with Gasteiger partial charge in [0.05, 0.1) is 0 Å². The monoisotopic (exact) mass is 215 g/mol. The van der Waals surface area contributed by atoms with E-state index in [2.05, 4.69) is 25.1 Å². The fourth-order valence-electron chi connectivity index (χ4n) is 0.910. The van der Waals surface area contributed by atoms with E-state index in [0.29, 0.717) is 0 Å². The van der Waals surface area contributed by atoms with Gasteiger partial charge in [-0.05, 0) is 6.07 Å². The van der Waals surface area contributed by atoms with Crippen LogP contribution in [0, 0.1) is 0 Å². The molecule has 0 aliphatic heterocycles. The first-order chi connectivity index (χ1) is 7.07. The molecule has 5 nitrogen and oxygen atoms in total. The normalized spacial score (nSPS) is 11.7. The number of aromatic amines is 1. The van der Waals surface area contributed by atoms with Crippen LogP contribution in [-0.2, 0) is 6.18 Å². The lowest BCUT2D eigenvalue weighted by Crippen LogP contribution is -2.07. The number of rotatable bonds is 1. The van der Waals surface area contributed by atoms with E-state index in [4.69, 9.17) is 0 Å². The highest BCUT2D eigenvalue weighted by Crippen LogP contribution is 2.26. The molecular formula is C7H4F3N5. The maximum atomic E-state index is 12.1. The van der Waals surface area contributed by atoms with Gasteiger partial charge in [-0.1, -0.05) is 0 Å². The van der Waals surface area contributed by atoms with Crippen LogP contribution in [0.5, 0.6) is 0 Å². The molecule has 2 heterocycles. The van der Waals surface area contributed by atoms with E-state index in [0.717, 1.165) is 0 Å². The summed E-state index contributed by atoms with van der Waals surface area (Å²) in [5.41, 5.74) is 0. The Balaban J connectivity index is 2.37. The molecule has 78 valence electrons. The predicted octanol–water partition coefficient (Wildman–Crippen LogP) is 1.28. The third-order valence-corrected chi connectivity index (χ3v) is 1.52. The molecule has 0 unspecified atom stereocenters. The van der Waals surface area contributed by atoms with Crippen LogP contribution in [0.15, 0.2) is 18.5 Å². The Hall–Kier alpha value is -1.99. The van der Waals surface area contributed by atoms with Crippen molar-refractivity contribution in [2.24, 2.45) is 0 Å². The average molecular weight is 215 g/mol. The van der Waals surface area contributed by atoms with E-state index in [1.165, 1.54) is 12.4 Å². The lowest BCUT2D eigenvalue weighted by atomic mass is 10.5. The molecule has 0 aliphatic rings. The van der Waals surface area contributed by atoms with Crippen LogP contribution in [0.2, 0.25) is 0 Å². The van der Waals surface area contributed by atoms with E-state index in [1.54, 1.807) is 6.07 Å². The molecule has 0 amide bonds. The molecule has 0 saturated carbocycles. The smallest absolute Gasteiger partial charge is 0.256 e. The molecule has 2 aromatic heterocycles. The van der Waals surface area contributed by atoms with E-state index >= 15 is 0 Å². The van der Waals surface area contributed by atoms with Gasteiger partial charge in [0.25, 0.3) is 5.82 Å². The minimum Gasteiger partial charge on any atom is -0.256 e. The lowest BCUT2D eigenvalue weighted by Gasteiger charge is -1.97. The fourth-order valence-corrected chi connectivity index (χ4v) is 0.910. The van der Waals surface area contributed by atoms with Crippen molar-refractivity contribution in [2.45, 2.75) is 6.18 Å². The number of aromatic nitrogens is 5. The van der Waals surface area contributed by atoms with Crippen LogP contribution in [-0.4, -0.2) is 25.1 Å². The second-order valence-electron chi connectivity index (χ2n) is 2.58. The van der Waals surface area contributed by atoms with Crippen LogP contribution >= 0.6 is 0 Å². The molecule has 0 atom stereocenters. The third-order valence-electron chi connectivity index (χ3n) is 1.52. The number of hydrogen-bond acceptors (Lipinski definition) is 4. The molecule has 0 bridgehead atoms. The van der Waals surface area contributed by atoms with Crippen molar-refractivity contribution in [3.05, 3.63) is 24.3 Å². The molecule has 15 heavy (non-hydrogen) atoms. The van der Waals surface area contributed by atoms with Crippen molar-refractivity contribution in [3.63, 3.8) is 0 Å². The maximum absolute atomic E-state index is 12.1. The van der Waals surface area contributed by atoms with Crippen LogP contribution < -0.4 is 0 Å². The summed E-state index contributed by atoms with van der Waals surface area (Å²) in [6, 6.07) is 1.55. The third kappa shape index (κ3) is 1.92. The van der Waals surface area contributed by atoms with Crippen LogP contribution in [0.25, 0.3) is 11.6 Å². The second kappa shape index (κ2) is 3.30. The SMILES string of the molecule is FC(F)(F)c1n[nH]c(-c2ncccn2)n1. The van der Waals surface area contributed by atoms with Crippen molar-refractivity contribution in [2.75, 3.05) is 0 Å². The molecule has 2 aromatic rings. The molecule has 0 aliphatic carbocycles. The van der Waals surface area contributed by atoms with Gasteiger partial charge in [-0.3, -0.25) is 5.10 Å². The Morgan fingerprint density at radius 3 is 2.33 bits per heavy atom. The van der Waals surface area contributed by atoms with E-state index in [9.17, 15) is 13.2 Å². The number of alkyl halides is 3. The molecule has 8 heteroatoms. The van der Waals surface area contributed by atoms with E-state index in [1.807, 2.05) is 0 Å². The highest BCUT2D eigenvalue weighted by atomic mass is 19.4. The molecule has 0 fully saturated rings. The summed E-state index contributed by atoms with van der Waals surface area (Å²) < 4.78 is 36.4. The molecule has 1 N–H and O–H groups in total. The van der Waals surface area contributed by atoms with Gasteiger partial charge in [0.15, 0.2) is 11.6 Å². The number of hydrogen-bond donors (Lipinski definition) is 1. The highest BCUT2D eigenvalue weighted by molar-refractivity contribution is 5.40. The predicted molar refractivity (Wildman–Crippen MR) is 42.4 cm³/mol. The quantitative estimate of drug-likeness (QED) is 0.778. The Morgan fingerprint density at radius 1 is 1.13 bits per heavy atom. The molecule has 0 aromatic carbocycles. The van der Waals surface area contributed by atoms with Crippen LogP contribution in [0.4, 0.5) is 13.2 Å². The zero-order valence-electron chi connectivity index (χ0n) is 7.15. The van der Waals surface area contributed by atoms with Crippen molar-refractivity contribution in [3.8, 4) is 11.6 Å². The molecule has 0 saturated heterocycles. The Kier molecular flexibility index (Phi) is 2.10. The summed E-state index contributed by atoms with van der Waals surface area (Å²) >= 11 is 0. The van der Waals surface area contributed by atoms with Gasteiger partial charge < -0.3 is 0 Å². The standard InChI is InChI=1S/C7H4F3N5/c8-7(9,10)6-13-5(14-15-6)4-11-2-1-3-12-4/h1-3H,(H,13,14,15). The minimum atomic E-state index is -4.57. The van der Waals surface area contributed by atoms with E-state index in [-0.39, 0.29) is 11.6 Å². The summed E-state index contributed by atoms with van der Waals surface area (Å²) in [5, 5.41) is 5.15. The minimum absolute atomic E-state index is 0.0699. The zero-order valence-corrected chi connectivity index (χ0v) is 7.15. The molecule has 0 radical (unpaired) electrons. The summed E-state index contributed by atoms with van der Waals surface area (Å²) in [6.45, 7) is 0. The highest BCUT2D eigenvalue weighted by Gasteiger charge is 2.36. The topological polar surface area (TPSA) is 67.3 Å². The fraction of sp³-hybridized carbons (Fsp3) is 0.143. The van der Waals surface area contributed by atoms with Gasteiger partial charge in [-0.15, -0.1) is 5.10 Å². The molecule has 0 spiro atoms. The van der Waals surface area contributed by atoms with Gasteiger partial charge in [-0.25, -0.2) is 9.97 Å². The number of halogens is 3. The number of nitrogens with zero attached hydrogens (tertiary/aromatic N) is 4. The Morgan fingerprint density at radius 2 is 1.80 bits per heavy atom. The summed E-state index contributed by atoms with van der Waals surface area (Å²) in [4.78, 5) is 10.7. The average Bonchev–Trinajstić information content (AvgIpc) is 2.67. The zero-order chi connectivity index (χ0) is 10.9. The largest absolute Gasteiger partial charge is 0.453 e. The Labute approximate surface area is 81.4 Å². The first-order valence-corrected chi connectivity index (χ1v) is 3.84. The summed E-state index contributed by atoms with van der Waals surface area (Å²) in [5.74, 6) is -1.27. The maximum Gasteiger partial charge on any atom is 0.453 e. The summed E-state index contributed by atoms with van der Waals surface area (Å²) in [7, 11) is 0. The second-order valence-corrected chi connectivity index (χ2v) is 2.58. The van der Waals surface area contributed by atoms with Gasteiger partial charge in [-0.2, -0.15) is 18.2 Å². The van der Waals surface area contributed by atoms with Crippen LogP contribution in [0.1, 0.15) is 5.82 Å². The van der Waals surface area contributed by atoms with Gasteiger partial charge in [0.2, 0.25) is 0 Å².